The molecule has 1 atom stereocenters. The van der Waals surface area contributed by atoms with E-state index in [1.54, 1.807) is 4.90 Å². The van der Waals surface area contributed by atoms with Gasteiger partial charge in [0.05, 0.1) is 18.2 Å². The lowest BCUT2D eigenvalue weighted by molar-refractivity contribution is -0.129. The summed E-state index contributed by atoms with van der Waals surface area (Å²) in [6, 6.07) is 8.03. The van der Waals surface area contributed by atoms with E-state index in [-0.39, 0.29) is 12.3 Å². The SMILES string of the molecule is Cc1ccc(-c2nc(CC(=O)N(C)CCC3CCCCO3)c(C)o2)cc1. The Morgan fingerprint density at radius 3 is 2.69 bits per heavy atom. The number of nitrogens with zero attached hydrogens (tertiary/aromatic N) is 2. The van der Waals surface area contributed by atoms with E-state index in [1.165, 1.54) is 12.0 Å². The van der Waals surface area contributed by atoms with Crippen LogP contribution in [0.25, 0.3) is 11.5 Å². The molecule has 3 rings (SSSR count). The lowest BCUT2D eigenvalue weighted by atomic mass is 10.1. The molecule has 2 aromatic rings. The van der Waals surface area contributed by atoms with Gasteiger partial charge in [-0.2, -0.15) is 0 Å². The van der Waals surface area contributed by atoms with Gasteiger partial charge >= 0.3 is 0 Å². The van der Waals surface area contributed by atoms with Crippen LogP contribution in [-0.4, -0.2) is 42.1 Å². The number of likely N-dealkylation sites (N-methyl/N-ethyl adjacent to an activating group) is 1. The summed E-state index contributed by atoms with van der Waals surface area (Å²) in [6.07, 6.45) is 4.94. The highest BCUT2D eigenvalue weighted by Gasteiger charge is 2.19. The average molecular weight is 356 g/mol. The Balaban J connectivity index is 1.57. The summed E-state index contributed by atoms with van der Waals surface area (Å²) in [5.74, 6) is 1.34. The first kappa shape index (κ1) is 18.6. The molecule has 1 aliphatic heterocycles. The Bertz CT molecular complexity index is 730. The van der Waals surface area contributed by atoms with Crippen LogP contribution in [0.15, 0.2) is 28.7 Å². The number of rotatable bonds is 6. The number of amides is 1. The van der Waals surface area contributed by atoms with Crippen LogP contribution in [0.3, 0.4) is 0 Å². The molecule has 140 valence electrons. The van der Waals surface area contributed by atoms with Crippen LogP contribution in [0.1, 0.15) is 42.7 Å². The van der Waals surface area contributed by atoms with E-state index in [9.17, 15) is 4.79 Å². The van der Waals surface area contributed by atoms with Gasteiger partial charge in [0.15, 0.2) is 0 Å². The van der Waals surface area contributed by atoms with Crippen molar-refractivity contribution < 1.29 is 13.9 Å². The third-order valence-corrected chi connectivity index (χ3v) is 5.00. The highest BCUT2D eigenvalue weighted by atomic mass is 16.5. The Labute approximate surface area is 155 Å². The lowest BCUT2D eigenvalue weighted by Crippen LogP contribution is -2.32. The van der Waals surface area contributed by atoms with Gasteiger partial charge in [0.25, 0.3) is 0 Å². The molecule has 0 spiro atoms. The zero-order valence-electron chi connectivity index (χ0n) is 16.0. The largest absolute Gasteiger partial charge is 0.441 e. The van der Waals surface area contributed by atoms with Crippen molar-refractivity contribution in [3.63, 3.8) is 0 Å². The van der Waals surface area contributed by atoms with Crippen molar-refractivity contribution >= 4 is 5.91 Å². The second kappa shape index (κ2) is 8.49. The Morgan fingerprint density at radius 2 is 2.00 bits per heavy atom. The summed E-state index contributed by atoms with van der Waals surface area (Å²) in [5, 5.41) is 0. The van der Waals surface area contributed by atoms with Crippen molar-refractivity contribution in [3.05, 3.63) is 41.3 Å². The maximum absolute atomic E-state index is 12.5. The minimum absolute atomic E-state index is 0.0627. The van der Waals surface area contributed by atoms with Gasteiger partial charge in [-0.15, -0.1) is 0 Å². The maximum atomic E-state index is 12.5. The van der Waals surface area contributed by atoms with Gasteiger partial charge in [-0.3, -0.25) is 4.79 Å². The molecule has 1 aromatic heterocycles. The molecule has 0 bridgehead atoms. The van der Waals surface area contributed by atoms with Crippen LogP contribution in [0.2, 0.25) is 0 Å². The van der Waals surface area contributed by atoms with Crippen molar-refractivity contribution in [2.45, 2.75) is 52.1 Å². The van der Waals surface area contributed by atoms with Crippen molar-refractivity contribution in [3.8, 4) is 11.5 Å². The van der Waals surface area contributed by atoms with Gasteiger partial charge in [-0.1, -0.05) is 17.7 Å². The fraction of sp³-hybridized carbons (Fsp3) is 0.524. The molecule has 1 unspecified atom stereocenters. The number of carbonyl (C=O) groups is 1. The number of aromatic nitrogens is 1. The van der Waals surface area contributed by atoms with E-state index in [4.69, 9.17) is 9.15 Å². The molecule has 0 radical (unpaired) electrons. The molecule has 0 N–H and O–H groups in total. The summed E-state index contributed by atoms with van der Waals surface area (Å²) in [6.45, 7) is 5.47. The van der Waals surface area contributed by atoms with Crippen molar-refractivity contribution in [1.82, 2.24) is 9.88 Å². The predicted octanol–water partition coefficient (Wildman–Crippen LogP) is 3.92. The van der Waals surface area contributed by atoms with E-state index < -0.39 is 0 Å². The summed E-state index contributed by atoms with van der Waals surface area (Å²) < 4.78 is 11.5. The topological polar surface area (TPSA) is 55.6 Å². The smallest absolute Gasteiger partial charge is 0.228 e. The summed E-state index contributed by atoms with van der Waals surface area (Å²) in [5.41, 5.74) is 2.84. The van der Waals surface area contributed by atoms with Crippen LogP contribution in [-0.2, 0) is 16.0 Å². The molecule has 1 aliphatic rings. The molecule has 5 heteroatoms. The monoisotopic (exact) mass is 356 g/mol. The van der Waals surface area contributed by atoms with Crippen LogP contribution in [0.4, 0.5) is 0 Å². The summed E-state index contributed by atoms with van der Waals surface area (Å²) >= 11 is 0. The fourth-order valence-electron chi connectivity index (χ4n) is 3.19. The predicted molar refractivity (Wildman–Crippen MR) is 101 cm³/mol. The highest BCUT2D eigenvalue weighted by Crippen LogP contribution is 2.23. The first-order valence-corrected chi connectivity index (χ1v) is 9.42. The van der Waals surface area contributed by atoms with Crippen LogP contribution < -0.4 is 0 Å². The number of hydrogen-bond donors (Lipinski definition) is 0. The lowest BCUT2D eigenvalue weighted by Gasteiger charge is -2.25. The number of aryl methyl sites for hydroxylation is 2. The van der Waals surface area contributed by atoms with Crippen LogP contribution in [0, 0.1) is 13.8 Å². The average Bonchev–Trinajstić information content (AvgIpc) is 3.01. The Hall–Kier alpha value is -2.14. The zero-order chi connectivity index (χ0) is 18.5. The van der Waals surface area contributed by atoms with E-state index >= 15 is 0 Å². The Kier molecular flexibility index (Phi) is 6.09. The van der Waals surface area contributed by atoms with Gasteiger partial charge in [-0.05, 0) is 51.7 Å². The molecule has 0 saturated carbocycles. The summed E-state index contributed by atoms with van der Waals surface area (Å²) in [4.78, 5) is 18.8. The first-order chi connectivity index (χ1) is 12.5. The van der Waals surface area contributed by atoms with Gasteiger partial charge in [0.1, 0.15) is 5.76 Å². The van der Waals surface area contributed by atoms with Gasteiger partial charge in [0, 0.05) is 25.8 Å². The third kappa shape index (κ3) is 4.73. The second-order valence-electron chi connectivity index (χ2n) is 7.16. The Morgan fingerprint density at radius 1 is 1.23 bits per heavy atom. The highest BCUT2D eigenvalue weighted by molar-refractivity contribution is 5.78. The minimum atomic E-state index is 0.0627. The van der Waals surface area contributed by atoms with E-state index in [0.717, 1.165) is 31.4 Å². The quantitative estimate of drug-likeness (QED) is 0.787. The van der Waals surface area contributed by atoms with Crippen LogP contribution >= 0.6 is 0 Å². The van der Waals surface area contributed by atoms with Crippen molar-refractivity contribution in [2.75, 3.05) is 20.2 Å². The van der Waals surface area contributed by atoms with E-state index in [2.05, 4.69) is 4.98 Å². The second-order valence-corrected chi connectivity index (χ2v) is 7.16. The molecular formula is C21H28N2O3. The van der Waals surface area contributed by atoms with E-state index in [0.29, 0.717) is 30.0 Å². The molecular weight excluding hydrogens is 328 g/mol. The molecule has 1 aromatic carbocycles. The number of ether oxygens (including phenoxy) is 1. The molecule has 1 fully saturated rings. The number of benzene rings is 1. The molecule has 1 saturated heterocycles. The standard InChI is InChI=1S/C21H28N2O3/c1-15-7-9-17(10-8-15)21-22-19(16(2)26-21)14-20(24)23(3)12-11-18-6-4-5-13-25-18/h7-10,18H,4-6,11-14H2,1-3H3. The molecule has 1 amide bonds. The van der Waals surface area contributed by atoms with E-state index in [1.807, 2.05) is 45.2 Å². The number of oxazole rings is 1. The fourth-order valence-corrected chi connectivity index (χ4v) is 3.19. The first-order valence-electron chi connectivity index (χ1n) is 9.42. The van der Waals surface area contributed by atoms with Gasteiger partial charge < -0.3 is 14.1 Å². The third-order valence-electron chi connectivity index (χ3n) is 5.00. The number of hydrogen-bond acceptors (Lipinski definition) is 4. The summed E-state index contributed by atoms with van der Waals surface area (Å²) in [7, 11) is 1.85. The maximum Gasteiger partial charge on any atom is 0.228 e. The van der Waals surface area contributed by atoms with Crippen LogP contribution in [0.5, 0.6) is 0 Å². The van der Waals surface area contributed by atoms with Gasteiger partial charge in [0.2, 0.25) is 11.8 Å². The molecule has 5 nitrogen and oxygen atoms in total. The number of carbonyl (C=O) groups excluding carboxylic acids is 1. The molecule has 0 aliphatic carbocycles. The van der Waals surface area contributed by atoms with Crippen molar-refractivity contribution in [2.24, 2.45) is 0 Å². The minimum Gasteiger partial charge on any atom is -0.441 e. The van der Waals surface area contributed by atoms with Gasteiger partial charge in [-0.25, -0.2) is 4.98 Å². The molecule has 2 heterocycles. The zero-order valence-corrected chi connectivity index (χ0v) is 16.0. The molecule has 26 heavy (non-hydrogen) atoms. The van der Waals surface area contributed by atoms with Crippen molar-refractivity contribution in [1.29, 1.82) is 0 Å². The normalized spacial score (nSPS) is 17.3.